The molecule has 7 nitrogen and oxygen atoms in total. The summed E-state index contributed by atoms with van der Waals surface area (Å²) in [6.07, 6.45) is 7.16. The molecule has 1 heterocycles. The summed E-state index contributed by atoms with van der Waals surface area (Å²) in [6.45, 7) is 6.64. The first-order valence-corrected chi connectivity index (χ1v) is 14.7. The molecule has 3 aromatic rings. The second kappa shape index (κ2) is 10.4. The standard InChI is InChI=1S/C33H41N5O2/c1-32(2,3)28-17-29(38(36-28)27-12-8-5-9-13-27)34-30(39)22-37(21-23-10-6-4-7-11-23)31(40)35-33-18-24-14-25(19-33)16-26(15-24)20-33/h4-13,17,24-26H,14-16,18-22H2,1-3H3,(H,34,39)(H,35,40). The SMILES string of the molecule is CC(C)(C)c1cc(NC(=O)CN(Cc2ccccc2)C(=O)NC23CC4CC(CC(C4)C2)C3)n(-c2ccccc2)n1. The van der Waals surface area contributed by atoms with Gasteiger partial charge in [-0.3, -0.25) is 4.79 Å². The molecule has 0 unspecified atom stereocenters. The number of benzene rings is 2. The van der Waals surface area contributed by atoms with E-state index in [0.717, 1.165) is 54.0 Å². The molecule has 4 bridgehead atoms. The Morgan fingerprint density at radius 2 is 1.50 bits per heavy atom. The molecule has 210 valence electrons. The lowest BCUT2D eigenvalue weighted by atomic mass is 9.53. The number of urea groups is 1. The second-order valence-electron chi connectivity index (χ2n) is 13.4. The van der Waals surface area contributed by atoms with Crippen molar-refractivity contribution < 1.29 is 9.59 Å². The summed E-state index contributed by atoms with van der Waals surface area (Å²) in [5.41, 5.74) is 2.45. The fourth-order valence-corrected chi connectivity index (χ4v) is 7.53. The van der Waals surface area contributed by atoms with Crippen LogP contribution in [0.5, 0.6) is 0 Å². The molecule has 40 heavy (non-hydrogen) atoms. The van der Waals surface area contributed by atoms with Gasteiger partial charge in [-0.15, -0.1) is 0 Å². The topological polar surface area (TPSA) is 79.3 Å². The summed E-state index contributed by atoms with van der Waals surface area (Å²) >= 11 is 0. The van der Waals surface area contributed by atoms with Crippen LogP contribution in [-0.2, 0) is 16.8 Å². The molecule has 0 radical (unpaired) electrons. The minimum atomic E-state index is -0.242. The van der Waals surface area contributed by atoms with Crippen LogP contribution in [0.25, 0.3) is 5.69 Å². The highest BCUT2D eigenvalue weighted by molar-refractivity contribution is 5.94. The Morgan fingerprint density at radius 1 is 0.925 bits per heavy atom. The average Bonchev–Trinajstić information content (AvgIpc) is 3.33. The molecule has 1 aromatic heterocycles. The van der Waals surface area contributed by atoms with E-state index in [4.69, 9.17) is 5.10 Å². The number of hydrogen-bond donors (Lipinski definition) is 2. The fourth-order valence-electron chi connectivity index (χ4n) is 7.53. The van der Waals surface area contributed by atoms with Gasteiger partial charge in [0.2, 0.25) is 5.91 Å². The number of aromatic nitrogens is 2. The van der Waals surface area contributed by atoms with Crippen LogP contribution >= 0.6 is 0 Å². The first-order chi connectivity index (χ1) is 19.2. The van der Waals surface area contributed by atoms with Crippen LogP contribution in [-0.4, -0.2) is 38.7 Å². The van der Waals surface area contributed by atoms with Gasteiger partial charge in [0, 0.05) is 23.6 Å². The van der Waals surface area contributed by atoms with Gasteiger partial charge in [0.15, 0.2) is 0 Å². The Balaban J connectivity index is 1.22. The maximum Gasteiger partial charge on any atom is 0.318 e. The number of carbonyl (C=O) groups is 2. The highest BCUT2D eigenvalue weighted by Gasteiger charge is 2.51. The minimum Gasteiger partial charge on any atom is -0.333 e. The number of anilines is 1. The Morgan fingerprint density at radius 3 is 2.08 bits per heavy atom. The summed E-state index contributed by atoms with van der Waals surface area (Å²) in [7, 11) is 0. The average molecular weight is 540 g/mol. The van der Waals surface area contributed by atoms with Gasteiger partial charge in [0.25, 0.3) is 0 Å². The number of nitrogens with zero attached hydrogens (tertiary/aromatic N) is 3. The largest absolute Gasteiger partial charge is 0.333 e. The summed E-state index contributed by atoms with van der Waals surface area (Å²) < 4.78 is 1.77. The molecule has 4 fully saturated rings. The maximum atomic E-state index is 13.9. The highest BCUT2D eigenvalue weighted by atomic mass is 16.2. The molecule has 3 amide bonds. The monoisotopic (exact) mass is 539 g/mol. The smallest absolute Gasteiger partial charge is 0.318 e. The van der Waals surface area contributed by atoms with E-state index in [0.29, 0.717) is 12.4 Å². The molecule has 4 aliphatic carbocycles. The van der Waals surface area contributed by atoms with Crippen LogP contribution in [0.15, 0.2) is 66.7 Å². The van der Waals surface area contributed by atoms with E-state index in [9.17, 15) is 9.59 Å². The van der Waals surface area contributed by atoms with E-state index < -0.39 is 0 Å². The number of carbonyl (C=O) groups excluding carboxylic acids is 2. The number of nitrogens with one attached hydrogen (secondary N) is 2. The zero-order valence-corrected chi connectivity index (χ0v) is 23.9. The van der Waals surface area contributed by atoms with E-state index in [1.807, 2.05) is 66.7 Å². The summed E-state index contributed by atoms with van der Waals surface area (Å²) in [4.78, 5) is 29.1. The third-order valence-corrected chi connectivity index (χ3v) is 8.99. The summed E-state index contributed by atoms with van der Waals surface area (Å²) in [5.74, 6) is 2.55. The van der Waals surface area contributed by atoms with Crippen molar-refractivity contribution in [2.24, 2.45) is 17.8 Å². The van der Waals surface area contributed by atoms with Gasteiger partial charge in [0.05, 0.1) is 11.4 Å². The molecule has 4 aliphatic rings. The lowest BCUT2D eigenvalue weighted by molar-refractivity contribution is -0.117. The predicted octanol–water partition coefficient (Wildman–Crippen LogP) is 6.29. The first-order valence-electron chi connectivity index (χ1n) is 14.7. The van der Waals surface area contributed by atoms with Crippen LogP contribution in [0, 0.1) is 17.8 Å². The third kappa shape index (κ3) is 5.65. The number of rotatable bonds is 7. The van der Waals surface area contributed by atoms with Gasteiger partial charge < -0.3 is 15.5 Å². The van der Waals surface area contributed by atoms with E-state index in [1.165, 1.54) is 19.3 Å². The van der Waals surface area contributed by atoms with Crippen molar-refractivity contribution >= 4 is 17.8 Å². The Hall–Kier alpha value is -3.61. The Bertz CT molecular complexity index is 1320. The lowest BCUT2D eigenvalue weighted by Crippen LogP contribution is -2.62. The molecular formula is C33H41N5O2. The zero-order chi connectivity index (χ0) is 27.9. The van der Waals surface area contributed by atoms with Crippen molar-refractivity contribution in [3.8, 4) is 5.69 Å². The number of para-hydroxylation sites is 1. The summed E-state index contributed by atoms with van der Waals surface area (Å²) in [6, 6.07) is 21.5. The van der Waals surface area contributed by atoms with Crippen molar-refractivity contribution in [1.29, 1.82) is 0 Å². The molecule has 7 rings (SSSR count). The van der Waals surface area contributed by atoms with Crippen LogP contribution in [0.4, 0.5) is 10.6 Å². The van der Waals surface area contributed by atoms with E-state index in [1.54, 1.807) is 9.58 Å². The van der Waals surface area contributed by atoms with E-state index in [2.05, 4.69) is 31.4 Å². The quantitative estimate of drug-likeness (QED) is 0.370. The van der Waals surface area contributed by atoms with Crippen molar-refractivity contribution in [2.75, 3.05) is 11.9 Å². The Kier molecular flexibility index (Phi) is 6.93. The lowest BCUT2D eigenvalue weighted by Gasteiger charge is -2.57. The predicted molar refractivity (Wildman–Crippen MR) is 157 cm³/mol. The highest BCUT2D eigenvalue weighted by Crippen LogP contribution is 2.55. The van der Waals surface area contributed by atoms with Crippen molar-refractivity contribution in [2.45, 2.75) is 76.8 Å². The molecule has 4 saturated carbocycles. The van der Waals surface area contributed by atoms with E-state index >= 15 is 0 Å². The van der Waals surface area contributed by atoms with Crippen molar-refractivity contribution in [3.63, 3.8) is 0 Å². The first kappa shape index (κ1) is 26.6. The Labute approximate surface area is 237 Å². The molecule has 0 atom stereocenters. The number of amides is 3. The van der Waals surface area contributed by atoms with Gasteiger partial charge in [0.1, 0.15) is 12.4 Å². The van der Waals surface area contributed by atoms with Crippen molar-refractivity contribution in [1.82, 2.24) is 20.0 Å². The van der Waals surface area contributed by atoms with Gasteiger partial charge in [-0.2, -0.15) is 5.10 Å². The summed E-state index contributed by atoms with van der Waals surface area (Å²) in [5, 5.41) is 11.4. The van der Waals surface area contributed by atoms with Gasteiger partial charge in [-0.25, -0.2) is 9.48 Å². The molecule has 2 aromatic carbocycles. The molecular weight excluding hydrogens is 498 g/mol. The molecule has 0 aliphatic heterocycles. The minimum absolute atomic E-state index is 0.0437. The van der Waals surface area contributed by atoms with Crippen molar-refractivity contribution in [3.05, 3.63) is 78.0 Å². The van der Waals surface area contributed by atoms with E-state index in [-0.39, 0.29) is 29.4 Å². The molecule has 0 spiro atoms. The molecule has 2 N–H and O–H groups in total. The van der Waals surface area contributed by atoms with Crippen LogP contribution < -0.4 is 10.6 Å². The van der Waals surface area contributed by atoms with Crippen LogP contribution in [0.3, 0.4) is 0 Å². The number of hydrogen-bond acceptors (Lipinski definition) is 3. The molecule has 7 heteroatoms. The van der Waals surface area contributed by atoms with Gasteiger partial charge in [-0.1, -0.05) is 69.3 Å². The fraction of sp³-hybridized carbons (Fsp3) is 0.485. The normalized spacial score (nSPS) is 25.0. The van der Waals surface area contributed by atoms with Gasteiger partial charge in [-0.05, 0) is 74.0 Å². The van der Waals surface area contributed by atoms with Crippen LogP contribution in [0.2, 0.25) is 0 Å². The third-order valence-electron chi connectivity index (χ3n) is 8.99. The maximum absolute atomic E-state index is 13.9. The molecule has 0 saturated heterocycles. The van der Waals surface area contributed by atoms with Crippen LogP contribution in [0.1, 0.15) is 70.6 Å². The second-order valence-corrected chi connectivity index (χ2v) is 13.4. The van der Waals surface area contributed by atoms with Gasteiger partial charge >= 0.3 is 6.03 Å². The zero-order valence-electron chi connectivity index (χ0n) is 23.9.